The van der Waals surface area contributed by atoms with Crippen LogP contribution >= 0.6 is 11.8 Å². The molecule has 0 bridgehead atoms. The molecule has 7 nitrogen and oxygen atoms in total. The molecule has 1 aliphatic heterocycles. The SMILES string of the molecule is CC[C@@H]1Sc2ccc(S(=O)(=O)CCC(=O)NCc3cccnc3)cc2NC1=O. The summed E-state index contributed by atoms with van der Waals surface area (Å²) in [5, 5.41) is 5.29. The van der Waals surface area contributed by atoms with E-state index in [1.54, 1.807) is 24.5 Å². The Balaban J connectivity index is 1.61. The first kappa shape index (κ1) is 20.3. The van der Waals surface area contributed by atoms with Crippen LogP contribution in [0.3, 0.4) is 0 Å². The highest BCUT2D eigenvalue weighted by Crippen LogP contribution is 2.38. The third-order valence-corrected chi connectivity index (χ3v) is 7.47. The topological polar surface area (TPSA) is 105 Å². The van der Waals surface area contributed by atoms with Gasteiger partial charge in [-0.25, -0.2) is 8.42 Å². The summed E-state index contributed by atoms with van der Waals surface area (Å²) in [6.07, 6.45) is 3.84. The van der Waals surface area contributed by atoms with Crippen molar-refractivity contribution in [2.45, 2.75) is 41.4 Å². The maximum atomic E-state index is 12.6. The Bertz CT molecular complexity index is 978. The number of anilines is 1. The van der Waals surface area contributed by atoms with Gasteiger partial charge in [-0.2, -0.15) is 0 Å². The molecule has 1 aromatic heterocycles. The van der Waals surface area contributed by atoms with Crippen LogP contribution < -0.4 is 10.6 Å². The van der Waals surface area contributed by atoms with Crippen LogP contribution in [0.2, 0.25) is 0 Å². The van der Waals surface area contributed by atoms with E-state index in [1.165, 1.54) is 23.9 Å². The van der Waals surface area contributed by atoms with Crippen molar-refractivity contribution in [2.75, 3.05) is 11.1 Å². The lowest BCUT2D eigenvalue weighted by Gasteiger charge is -2.23. The Morgan fingerprint density at radius 3 is 2.86 bits per heavy atom. The second-order valence-electron chi connectivity index (χ2n) is 6.37. The standard InChI is InChI=1S/C19H21N3O4S2/c1-2-16-19(24)22-15-10-14(5-6-17(15)27-16)28(25,26)9-7-18(23)21-12-13-4-3-8-20-11-13/h3-6,8,10-11,16H,2,7,9,12H2,1H3,(H,21,23)(H,22,24)/t16-/m0/s1. The Morgan fingerprint density at radius 1 is 1.32 bits per heavy atom. The Morgan fingerprint density at radius 2 is 2.14 bits per heavy atom. The van der Waals surface area contributed by atoms with Crippen LogP contribution in [0.15, 0.2) is 52.5 Å². The molecule has 0 unspecified atom stereocenters. The van der Waals surface area contributed by atoms with Crippen molar-refractivity contribution in [3.63, 3.8) is 0 Å². The summed E-state index contributed by atoms with van der Waals surface area (Å²) in [6, 6.07) is 8.29. The zero-order valence-electron chi connectivity index (χ0n) is 15.3. The molecule has 1 atom stereocenters. The summed E-state index contributed by atoms with van der Waals surface area (Å²) in [4.78, 5) is 28.9. The van der Waals surface area contributed by atoms with Crippen LogP contribution in [0.25, 0.3) is 0 Å². The molecule has 0 saturated heterocycles. The molecular formula is C19H21N3O4S2. The Hall–Kier alpha value is -2.39. The fraction of sp³-hybridized carbons (Fsp3) is 0.316. The molecule has 2 aromatic rings. The molecule has 2 amide bonds. The minimum absolute atomic E-state index is 0.0992. The fourth-order valence-electron chi connectivity index (χ4n) is 2.73. The van der Waals surface area contributed by atoms with Crippen molar-refractivity contribution in [3.8, 4) is 0 Å². The van der Waals surface area contributed by atoms with E-state index in [2.05, 4.69) is 15.6 Å². The van der Waals surface area contributed by atoms with E-state index in [-0.39, 0.29) is 34.1 Å². The van der Waals surface area contributed by atoms with Crippen molar-refractivity contribution >= 4 is 39.1 Å². The van der Waals surface area contributed by atoms with E-state index >= 15 is 0 Å². The van der Waals surface area contributed by atoms with Crippen molar-refractivity contribution in [3.05, 3.63) is 48.3 Å². The van der Waals surface area contributed by atoms with E-state index in [9.17, 15) is 18.0 Å². The van der Waals surface area contributed by atoms with Gasteiger partial charge in [0.2, 0.25) is 11.8 Å². The van der Waals surface area contributed by atoms with E-state index in [1.807, 2.05) is 13.0 Å². The van der Waals surface area contributed by atoms with Crippen molar-refractivity contribution in [1.82, 2.24) is 10.3 Å². The number of aromatic nitrogens is 1. The second kappa shape index (κ2) is 8.74. The minimum atomic E-state index is -3.64. The van der Waals surface area contributed by atoms with Gasteiger partial charge in [-0.15, -0.1) is 11.8 Å². The third kappa shape index (κ3) is 4.90. The largest absolute Gasteiger partial charge is 0.352 e. The monoisotopic (exact) mass is 419 g/mol. The first-order valence-corrected chi connectivity index (χ1v) is 11.4. The number of benzene rings is 1. The lowest BCUT2D eigenvalue weighted by Crippen LogP contribution is -2.28. The number of fused-ring (bicyclic) bond motifs is 1. The van der Waals surface area contributed by atoms with Crippen molar-refractivity contribution < 1.29 is 18.0 Å². The normalized spacial score (nSPS) is 16.2. The van der Waals surface area contributed by atoms with E-state index in [0.29, 0.717) is 18.7 Å². The first-order valence-electron chi connectivity index (χ1n) is 8.89. The summed E-state index contributed by atoms with van der Waals surface area (Å²) < 4.78 is 25.2. The summed E-state index contributed by atoms with van der Waals surface area (Å²) in [5.74, 6) is -0.770. The number of sulfone groups is 1. The predicted molar refractivity (Wildman–Crippen MR) is 108 cm³/mol. The summed E-state index contributed by atoms with van der Waals surface area (Å²) in [6.45, 7) is 2.23. The Kier molecular flexibility index (Phi) is 6.35. The number of carbonyl (C=O) groups excluding carboxylic acids is 2. The number of nitrogens with one attached hydrogen (secondary N) is 2. The van der Waals surface area contributed by atoms with Gasteiger partial charge < -0.3 is 10.6 Å². The first-order chi connectivity index (χ1) is 13.4. The van der Waals surface area contributed by atoms with Gasteiger partial charge in [0.1, 0.15) is 0 Å². The third-order valence-electron chi connectivity index (χ3n) is 4.31. The van der Waals surface area contributed by atoms with E-state index in [4.69, 9.17) is 0 Å². The van der Waals surface area contributed by atoms with Gasteiger partial charge in [-0.3, -0.25) is 14.6 Å². The molecule has 0 saturated carbocycles. The van der Waals surface area contributed by atoms with Gasteiger partial charge in [-0.1, -0.05) is 13.0 Å². The highest BCUT2D eigenvalue weighted by atomic mass is 32.2. The molecule has 2 N–H and O–H groups in total. The molecule has 3 rings (SSSR count). The van der Waals surface area contributed by atoms with E-state index < -0.39 is 9.84 Å². The summed E-state index contributed by atoms with van der Waals surface area (Å²) in [7, 11) is -3.64. The molecule has 0 spiro atoms. The maximum absolute atomic E-state index is 12.6. The number of hydrogen-bond acceptors (Lipinski definition) is 6. The number of pyridine rings is 1. The van der Waals surface area contributed by atoms with Gasteiger partial charge in [0.15, 0.2) is 9.84 Å². The molecule has 28 heavy (non-hydrogen) atoms. The van der Waals surface area contributed by atoms with Gasteiger partial charge in [0, 0.05) is 30.3 Å². The highest BCUT2D eigenvalue weighted by Gasteiger charge is 2.27. The lowest BCUT2D eigenvalue weighted by molar-refractivity contribution is -0.121. The van der Waals surface area contributed by atoms with Crippen LogP contribution in [-0.4, -0.2) is 36.2 Å². The molecule has 0 radical (unpaired) electrons. The number of carbonyl (C=O) groups is 2. The van der Waals surface area contributed by atoms with Crippen molar-refractivity contribution in [1.29, 1.82) is 0 Å². The highest BCUT2D eigenvalue weighted by molar-refractivity contribution is 8.01. The van der Waals surface area contributed by atoms with Gasteiger partial charge in [-0.05, 0) is 36.2 Å². The van der Waals surface area contributed by atoms with Crippen LogP contribution in [0.5, 0.6) is 0 Å². The number of amides is 2. The summed E-state index contributed by atoms with van der Waals surface area (Å²) in [5.41, 5.74) is 1.34. The molecule has 2 heterocycles. The molecule has 1 aliphatic rings. The smallest absolute Gasteiger partial charge is 0.237 e. The average Bonchev–Trinajstić information content (AvgIpc) is 2.70. The molecular weight excluding hydrogens is 398 g/mol. The minimum Gasteiger partial charge on any atom is -0.352 e. The second-order valence-corrected chi connectivity index (χ2v) is 9.72. The Labute approximate surface area is 168 Å². The molecule has 148 valence electrons. The predicted octanol–water partition coefficient (Wildman–Crippen LogP) is 2.38. The van der Waals surface area contributed by atoms with E-state index in [0.717, 1.165) is 10.5 Å². The number of thioether (sulfide) groups is 1. The van der Waals surface area contributed by atoms with Crippen LogP contribution in [0, 0.1) is 0 Å². The number of hydrogen-bond donors (Lipinski definition) is 2. The van der Waals surface area contributed by atoms with Crippen LogP contribution in [-0.2, 0) is 26.0 Å². The zero-order chi connectivity index (χ0) is 20.1. The fourth-order valence-corrected chi connectivity index (χ4v) is 5.01. The van der Waals surface area contributed by atoms with Crippen LogP contribution in [0.4, 0.5) is 5.69 Å². The maximum Gasteiger partial charge on any atom is 0.237 e. The van der Waals surface area contributed by atoms with Gasteiger partial charge >= 0.3 is 0 Å². The number of nitrogens with zero attached hydrogens (tertiary/aromatic N) is 1. The quantitative estimate of drug-likeness (QED) is 0.714. The zero-order valence-corrected chi connectivity index (χ0v) is 17.0. The lowest BCUT2D eigenvalue weighted by atomic mass is 10.2. The molecule has 9 heteroatoms. The number of rotatable bonds is 7. The van der Waals surface area contributed by atoms with Gasteiger partial charge in [0.05, 0.1) is 21.6 Å². The molecule has 0 fully saturated rings. The molecule has 0 aliphatic carbocycles. The van der Waals surface area contributed by atoms with Crippen molar-refractivity contribution in [2.24, 2.45) is 0 Å². The molecule has 1 aromatic carbocycles. The summed E-state index contributed by atoms with van der Waals surface area (Å²) >= 11 is 1.43. The van der Waals surface area contributed by atoms with Gasteiger partial charge in [0.25, 0.3) is 0 Å². The van der Waals surface area contributed by atoms with Crippen LogP contribution in [0.1, 0.15) is 25.3 Å². The average molecular weight is 420 g/mol.